The van der Waals surface area contributed by atoms with E-state index in [1.807, 2.05) is 6.92 Å². The van der Waals surface area contributed by atoms with E-state index >= 15 is 0 Å². The van der Waals surface area contributed by atoms with Crippen molar-refractivity contribution in [2.75, 3.05) is 11.9 Å². The molecule has 1 saturated carbocycles. The fourth-order valence-corrected chi connectivity index (χ4v) is 4.47. The number of nitrogens with one attached hydrogen (secondary N) is 2. The number of sulfonamides is 1. The Morgan fingerprint density at radius 3 is 2.41 bits per heavy atom. The molecular formula is C19H30ClN3O3S. The van der Waals surface area contributed by atoms with Crippen LogP contribution >= 0.6 is 11.6 Å². The molecule has 8 heteroatoms. The van der Waals surface area contributed by atoms with Gasteiger partial charge in [0.1, 0.15) is 4.90 Å². The number of hydrogen-bond acceptors (Lipinski definition) is 4. The lowest BCUT2D eigenvalue weighted by Gasteiger charge is -2.24. The molecule has 1 aliphatic rings. The van der Waals surface area contributed by atoms with Crippen molar-refractivity contribution < 1.29 is 13.2 Å². The van der Waals surface area contributed by atoms with E-state index in [-0.39, 0.29) is 27.4 Å². The van der Waals surface area contributed by atoms with Crippen LogP contribution in [0.3, 0.4) is 0 Å². The maximum Gasteiger partial charge on any atom is 0.253 e. The summed E-state index contributed by atoms with van der Waals surface area (Å²) in [4.78, 5) is 12.4. The number of rotatable bonds is 7. The molecule has 0 aliphatic heterocycles. The number of carbonyl (C=O) groups excluding carboxylic acids is 1. The molecule has 1 amide bonds. The van der Waals surface area contributed by atoms with Gasteiger partial charge in [-0.15, -0.1) is 0 Å². The Hall–Kier alpha value is -1.31. The number of carbonyl (C=O) groups is 1. The topological polar surface area (TPSA) is 101 Å². The zero-order chi connectivity index (χ0) is 19.9. The maximum atomic E-state index is 12.7. The molecule has 1 aromatic carbocycles. The number of hydrogen-bond donors (Lipinski definition) is 3. The van der Waals surface area contributed by atoms with Crippen molar-refractivity contribution in [2.45, 2.75) is 75.6 Å². The first kappa shape index (κ1) is 22.0. The minimum absolute atomic E-state index is 0.0240. The van der Waals surface area contributed by atoms with E-state index in [1.54, 1.807) is 0 Å². The second kappa shape index (κ2) is 10.3. The number of amides is 1. The summed E-state index contributed by atoms with van der Waals surface area (Å²) in [5, 5.41) is 11.5. The smallest absolute Gasteiger partial charge is 0.253 e. The Bertz CT molecular complexity index is 745. The Morgan fingerprint density at radius 1 is 1.19 bits per heavy atom. The average molecular weight is 416 g/mol. The lowest BCUT2D eigenvalue weighted by Crippen LogP contribution is -2.28. The molecule has 0 heterocycles. The maximum absolute atomic E-state index is 12.7. The van der Waals surface area contributed by atoms with Crippen molar-refractivity contribution in [3.8, 4) is 0 Å². The first-order valence-electron chi connectivity index (χ1n) is 9.74. The fraction of sp³-hybridized carbons (Fsp3) is 0.632. The number of benzene rings is 1. The van der Waals surface area contributed by atoms with Crippen molar-refractivity contribution >= 4 is 33.2 Å². The molecule has 6 nitrogen and oxygen atoms in total. The molecule has 1 fully saturated rings. The molecule has 4 N–H and O–H groups in total. The van der Waals surface area contributed by atoms with Gasteiger partial charge in [0.25, 0.3) is 5.91 Å². The molecule has 2 rings (SSSR count). The average Bonchev–Trinajstić information content (AvgIpc) is 2.56. The Kier molecular flexibility index (Phi) is 8.38. The van der Waals surface area contributed by atoms with E-state index in [1.165, 1.54) is 31.4 Å². The highest BCUT2D eigenvalue weighted by molar-refractivity contribution is 7.89. The van der Waals surface area contributed by atoms with Crippen LogP contribution in [-0.2, 0) is 10.0 Å². The third kappa shape index (κ3) is 6.66. The quantitative estimate of drug-likeness (QED) is 0.585. The normalized spacial score (nSPS) is 16.4. The van der Waals surface area contributed by atoms with Crippen LogP contribution in [0, 0.1) is 0 Å². The number of anilines is 1. The van der Waals surface area contributed by atoms with E-state index in [9.17, 15) is 13.2 Å². The molecule has 27 heavy (non-hydrogen) atoms. The van der Waals surface area contributed by atoms with E-state index in [0.29, 0.717) is 12.2 Å². The number of halogens is 1. The highest BCUT2D eigenvalue weighted by Crippen LogP contribution is 2.30. The fourth-order valence-electron chi connectivity index (χ4n) is 3.37. The molecule has 0 aromatic heterocycles. The van der Waals surface area contributed by atoms with Gasteiger partial charge in [-0.3, -0.25) is 4.79 Å². The molecule has 152 valence electrons. The van der Waals surface area contributed by atoms with E-state index in [2.05, 4.69) is 10.6 Å². The molecule has 0 radical (unpaired) electrons. The van der Waals surface area contributed by atoms with Crippen molar-refractivity contribution in [1.29, 1.82) is 0 Å². The third-order valence-corrected chi connectivity index (χ3v) is 6.28. The van der Waals surface area contributed by atoms with Crippen LogP contribution in [0.1, 0.15) is 75.1 Å². The second-order valence-corrected chi connectivity index (χ2v) is 9.11. The lowest BCUT2D eigenvalue weighted by molar-refractivity contribution is 0.0953. The van der Waals surface area contributed by atoms with E-state index in [0.717, 1.165) is 38.5 Å². The molecule has 0 bridgehead atoms. The lowest BCUT2D eigenvalue weighted by atomic mass is 9.96. The van der Waals surface area contributed by atoms with Gasteiger partial charge in [0, 0.05) is 18.3 Å². The van der Waals surface area contributed by atoms with Gasteiger partial charge < -0.3 is 10.6 Å². The van der Waals surface area contributed by atoms with Crippen LogP contribution in [0.15, 0.2) is 17.0 Å². The van der Waals surface area contributed by atoms with Crippen molar-refractivity contribution in [3.05, 3.63) is 22.7 Å². The molecule has 0 saturated heterocycles. The molecule has 1 aromatic rings. The zero-order valence-electron chi connectivity index (χ0n) is 15.9. The van der Waals surface area contributed by atoms with Crippen LogP contribution in [0.5, 0.6) is 0 Å². The molecule has 0 unspecified atom stereocenters. The summed E-state index contributed by atoms with van der Waals surface area (Å²) in [6.07, 6.45) is 9.82. The standard InChI is InChI=1S/C19H30ClN3O3S/c1-2-3-11-22-19(24)15-12-18(27(21,25)26)16(20)13-17(15)23-14-9-7-5-4-6-8-10-14/h12-14,23H,2-11H2,1H3,(H,22,24)(H2,21,25,26). The van der Waals surface area contributed by atoms with Gasteiger partial charge in [-0.1, -0.05) is 57.0 Å². The van der Waals surface area contributed by atoms with Crippen LogP contribution in [0.2, 0.25) is 5.02 Å². The molecular weight excluding hydrogens is 386 g/mol. The number of nitrogens with two attached hydrogens (primary N) is 1. The van der Waals surface area contributed by atoms with Gasteiger partial charge in [0.05, 0.1) is 10.6 Å². The molecule has 0 atom stereocenters. The van der Waals surface area contributed by atoms with Gasteiger partial charge in [-0.2, -0.15) is 0 Å². The summed E-state index contributed by atoms with van der Waals surface area (Å²) >= 11 is 6.16. The Morgan fingerprint density at radius 2 is 1.81 bits per heavy atom. The SMILES string of the molecule is CCCCNC(=O)c1cc(S(N)(=O)=O)c(Cl)cc1NC1CCCCCCC1. The predicted molar refractivity (Wildman–Crippen MR) is 110 cm³/mol. The highest BCUT2D eigenvalue weighted by Gasteiger charge is 2.22. The third-order valence-electron chi connectivity index (χ3n) is 4.90. The first-order valence-corrected chi connectivity index (χ1v) is 11.7. The summed E-state index contributed by atoms with van der Waals surface area (Å²) in [6.45, 7) is 2.57. The summed E-state index contributed by atoms with van der Waals surface area (Å²) in [5.41, 5.74) is 0.827. The van der Waals surface area contributed by atoms with Crippen LogP contribution in [-0.4, -0.2) is 26.9 Å². The van der Waals surface area contributed by atoms with Gasteiger partial charge in [0.15, 0.2) is 0 Å². The van der Waals surface area contributed by atoms with E-state index < -0.39 is 10.0 Å². The molecule has 0 spiro atoms. The summed E-state index contributed by atoms with van der Waals surface area (Å²) in [5.74, 6) is -0.321. The van der Waals surface area contributed by atoms with Gasteiger partial charge >= 0.3 is 0 Å². The van der Waals surface area contributed by atoms with Crippen molar-refractivity contribution in [3.63, 3.8) is 0 Å². The first-order chi connectivity index (χ1) is 12.8. The number of primary sulfonamides is 1. The Labute approximate surface area is 167 Å². The van der Waals surface area contributed by atoms with Gasteiger partial charge in [-0.05, 0) is 31.4 Å². The summed E-state index contributed by atoms with van der Waals surface area (Å²) < 4.78 is 23.6. The largest absolute Gasteiger partial charge is 0.382 e. The molecule has 1 aliphatic carbocycles. The summed E-state index contributed by atoms with van der Waals surface area (Å²) in [6, 6.07) is 3.03. The van der Waals surface area contributed by atoms with Gasteiger partial charge in [0.2, 0.25) is 10.0 Å². The van der Waals surface area contributed by atoms with Crippen molar-refractivity contribution in [1.82, 2.24) is 5.32 Å². The van der Waals surface area contributed by atoms with Gasteiger partial charge in [-0.25, -0.2) is 13.6 Å². The van der Waals surface area contributed by atoms with E-state index in [4.69, 9.17) is 16.7 Å². The zero-order valence-corrected chi connectivity index (χ0v) is 17.5. The summed E-state index contributed by atoms with van der Waals surface area (Å²) in [7, 11) is -4.01. The minimum atomic E-state index is -4.01. The van der Waals surface area contributed by atoms with Crippen molar-refractivity contribution in [2.24, 2.45) is 5.14 Å². The highest BCUT2D eigenvalue weighted by atomic mass is 35.5. The second-order valence-electron chi connectivity index (χ2n) is 7.17. The number of unbranched alkanes of at least 4 members (excludes halogenated alkanes) is 1. The predicted octanol–water partition coefficient (Wildman–Crippen LogP) is 4.04. The minimum Gasteiger partial charge on any atom is -0.382 e. The van der Waals surface area contributed by atoms with Crippen LogP contribution < -0.4 is 15.8 Å². The monoisotopic (exact) mass is 415 g/mol. The Balaban J connectivity index is 2.32. The van der Waals surface area contributed by atoms with Crippen LogP contribution in [0.4, 0.5) is 5.69 Å². The van der Waals surface area contributed by atoms with Crippen LogP contribution in [0.25, 0.3) is 0 Å².